The highest BCUT2D eigenvalue weighted by Gasteiger charge is 2.06. The van der Waals surface area contributed by atoms with Crippen molar-refractivity contribution in [3.8, 4) is 0 Å². The van der Waals surface area contributed by atoms with Crippen molar-refractivity contribution < 1.29 is 13.6 Å². The van der Waals surface area contributed by atoms with Gasteiger partial charge in [-0.05, 0) is 36.2 Å². The molecule has 0 radical (unpaired) electrons. The number of hydrogen-bond acceptors (Lipinski definition) is 3. The van der Waals surface area contributed by atoms with Gasteiger partial charge in [0.2, 0.25) is 0 Å². The first-order valence-electron chi connectivity index (χ1n) is 6.26. The molecule has 5 heteroatoms. The fraction of sp³-hybridized carbons (Fsp3) is 0.125. The predicted octanol–water partition coefficient (Wildman–Crippen LogP) is 4.68. The summed E-state index contributed by atoms with van der Waals surface area (Å²) in [6.07, 6.45) is 1.35. The number of carbonyl (C=O) groups is 1. The molecule has 0 saturated heterocycles. The standard InChI is InChI=1S/C16H12F2OS2/c17-13-7-12(8-14(18)9-13)16(20)5-6-21-15-3-1-11(10-19)2-4-15/h1-4,7-10H,5-6H2. The van der Waals surface area contributed by atoms with Crippen molar-refractivity contribution in [3.05, 3.63) is 65.2 Å². The summed E-state index contributed by atoms with van der Waals surface area (Å²) in [5, 5.41) is 0. The van der Waals surface area contributed by atoms with Crippen LogP contribution >= 0.6 is 24.0 Å². The number of halogens is 2. The number of aldehydes is 1. The lowest BCUT2D eigenvalue weighted by atomic mass is 10.1. The van der Waals surface area contributed by atoms with Crippen LogP contribution in [0.2, 0.25) is 0 Å². The summed E-state index contributed by atoms with van der Waals surface area (Å²) in [6.45, 7) is 0. The van der Waals surface area contributed by atoms with E-state index in [0.717, 1.165) is 17.2 Å². The maximum absolute atomic E-state index is 13.1. The summed E-state index contributed by atoms with van der Waals surface area (Å²) < 4.78 is 26.2. The molecular weight excluding hydrogens is 310 g/mol. The Morgan fingerprint density at radius 1 is 1.10 bits per heavy atom. The van der Waals surface area contributed by atoms with Crippen molar-refractivity contribution in [1.29, 1.82) is 0 Å². The molecule has 2 aromatic carbocycles. The van der Waals surface area contributed by atoms with Gasteiger partial charge in [0.15, 0.2) is 0 Å². The van der Waals surface area contributed by atoms with Gasteiger partial charge in [-0.15, -0.1) is 11.8 Å². The van der Waals surface area contributed by atoms with E-state index in [1.807, 2.05) is 12.1 Å². The second-order valence-corrected chi connectivity index (χ2v) is 6.03. The van der Waals surface area contributed by atoms with E-state index < -0.39 is 11.6 Å². The number of hydrogen-bond donors (Lipinski definition) is 0. The van der Waals surface area contributed by atoms with E-state index in [-0.39, 0.29) is 0 Å². The minimum atomic E-state index is -0.621. The molecule has 2 rings (SSSR count). The van der Waals surface area contributed by atoms with Crippen LogP contribution in [0.4, 0.5) is 8.78 Å². The van der Waals surface area contributed by atoms with Gasteiger partial charge in [0.1, 0.15) is 17.9 Å². The van der Waals surface area contributed by atoms with Crippen molar-refractivity contribution in [3.63, 3.8) is 0 Å². The third-order valence-electron chi connectivity index (χ3n) is 2.80. The van der Waals surface area contributed by atoms with Crippen LogP contribution in [0, 0.1) is 11.6 Å². The van der Waals surface area contributed by atoms with Crippen molar-refractivity contribution in [2.24, 2.45) is 0 Å². The van der Waals surface area contributed by atoms with Gasteiger partial charge in [-0.1, -0.05) is 24.4 Å². The lowest BCUT2D eigenvalue weighted by Crippen LogP contribution is -2.00. The van der Waals surface area contributed by atoms with Gasteiger partial charge in [0, 0.05) is 27.1 Å². The largest absolute Gasteiger partial charge is 0.298 e. The number of thiocarbonyl (C=S) groups is 1. The SMILES string of the molecule is O=Cc1ccc(SCCC(=S)c2cc(F)cc(F)c2)cc1. The lowest BCUT2D eigenvalue weighted by molar-refractivity contribution is 0.112. The fourth-order valence-electron chi connectivity index (χ4n) is 1.76. The molecule has 0 bridgehead atoms. The summed E-state index contributed by atoms with van der Waals surface area (Å²) in [4.78, 5) is 12.1. The topological polar surface area (TPSA) is 17.1 Å². The van der Waals surface area contributed by atoms with Crippen LogP contribution in [-0.2, 0) is 0 Å². The van der Waals surface area contributed by atoms with E-state index in [0.29, 0.717) is 28.2 Å². The molecule has 1 nitrogen and oxygen atoms in total. The van der Waals surface area contributed by atoms with Crippen molar-refractivity contribution in [2.75, 3.05) is 5.75 Å². The molecule has 21 heavy (non-hydrogen) atoms. The third kappa shape index (κ3) is 4.72. The van der Waals surface area contributed by atoms with Crippen LogP contribution in [0.1, 0.15) is 22.3 Å². The molecule has 0 atom stereocenters. The van der Waals surface area contributed by atoms with Crippen molar-refractivity contribution >= 4 is 35.1 Å². The highest BCUT2D eigenvalue weighted by atomic mass is 32.2. The minimum absolute atomic E-state index is 0.416. The molecule has 0 heterocycles. The Bertz CT molecular complexity index is 634. The summed E-state index contributed by atoms with van der Waals surface area (Å²) >= 11 is 6.78. The highest BCUT2D eigenvalue weighted by Crippen LogP contribution is 2.20. The Morgan fingerprint density at radius 2 is 1.71 bits per heavy atom. The molecule has 0 unspecified atom stereocenters. The van der Waals surface area contributed by atoms with Crippen LogP contribution in [0.15, 0.2) is 47.4 Å². The average Bonchev–Trinajstić information content (AvgIpc) is 2.47. The molecule has 0 aromatic heterocycles. The second-order valence-electron chi connectivity index (χ2n) is 4.37. The van der Waals surface area contributed by atoms with Gasteiger partial charge < -0.3 is 0 Å². The molecule has 2 aromatic rings. The monoisotopic (exact) mass is 322 g/mol. The first-order valence-corrected chi connectivity index (χ1v) is 7.65. The zero-order valence-corrected chi connectivity index (χ0v) is 12.6. The Hall–Kier alpha value is -1.59. The van der Waals surface area contributed by atoms with Gasteiger partial charge >= 0.3 is 0 Å². The molecule has 108 valence electrons. The van der Waals surface area contributed by atoms with E-state index in [4.69, 9.17) is 12.2 Å². The summed E-state index contributed by atoms with van der Waals surface area (Å²) in [5.74, 6) is -0.536. The molecule has 0 spiro atoms. The lowest BCUT2D eigenvalue weighted by Gasteiger charge is -2.05. The minimum Gasteiger partial charge on any atom is -0.298 e. The molecule has 0 fully saturated rings. The molecule has 0 aliphatic rings. The zero-order valence-electron chi connectivity index (χ0n) is 11.0. The summed E-state index contributed by atoms with van der Waals surface area (Å²) in [6, 6.07) is 10.5. The molecule has 0 aliphatic carbocycles. The van der Waals surface area contributed by atoms with Gasteiger partial charge in [-0.2, -0.15) is 0 Å². The van der Waals surface area contributed by atoms with Crippen LogP contribution in [0.5, 0.6) is 0 Å². The van der Waals surface area contributed by atoms with Gasteiger partial charge in [0.05, 0.1) is 0 Å². The smallest absolute Gasteiger partial charge is 0.150 e. The van der Waals surface area contributed by atoms with E-state index in [9.17, 15) is 13.6 Å². The normalized spacial score (nSPS) is 10.4. The number of rotatable bonds is 6. The van der Waals surface area contributed by atoms with E-state index in [1.54, 1.807) is 23.9 Å². The molecular formula is C16H12F2OS2. The Morgan fingerprint density at radius 3 is 2.29 bits per heavy atom. The number of carbonyl (C=O) groups excluding carboxylic acids is 1. The van der Waals surface area contributed by atoms with Crippen LogP contribution in [0.3, 0.4) is 0 Å². The Kier molecular flexibility index (Phi) is 5.59. The van der Waals surface area contributed by atoms with Crippen molar-refractivity contribution in [1.82, 2.24) is 0 Å². The predicted molar refractivity (Wildman–Crippen MR) is 85.2 cm³/mol. The van der Waals surface area contributed by atoms with Crippen LogP contribution < -0.4 is 0 Å². The molecule has 0 aliphatic heterocycles. The quantitative estimate of drug-likeness (QED) is 0.333. The average molecular weight is 322 g/mol. The summed E-state index contributed by atoms with van der Waals surface area (Å²) in [7, 11) is 0. The summed E-state index contributed by atoms with van der Waals surface area (Å²) in [5.41, 5.74) is 1.05. The van der Waals surface area contributed by atoms with E-state index in [1.165, 1.54) is 12.1 Å². The van der Waals surface area contributed by atoms with Crippen LogP contribution in [0.25, 0.3) is 0 Å². The molecule has 0 saturated carbocycles. The maximum atomic E-state index is 13.1. The molecule has 0 N–H and O–H groups in total. The molecule has 0 amide bonds. The third-order valence-corrected chi connectivity index (χ3v) is 4.25. The first kappa shape index (κ1) is 15.8. The second kappa shape index (κ2) is 7.43. The number of benzene rings is 2. The van der Waals surface area contributed by atoms with E-state index in [2.05, 4.69) is 0 Å². The number of thioether (sulfide) groups is 1. The van der Waals surface area contributed by atoms with E-state index >= 15 is 0 Å². The van der Waals surface area contributed by atoms with Gasteiger partial charge in [0.25, 0.3) is 0 Å². The first-order chi connectivity index (χ1) is 10.1. The van der Waals surface area contributed by atoms with Gasteiger partial charge in [-0.3, -0.25) is 4.79 Å². The van der Waals surface area contributed by atoms with Gasteiger partial charge in [-0.25, -0.2) is 8.78 Å². The fourth-order valence-corrected chi connectivity index (χ4v) is 2.98. The van der Waals surface area contributed by atoms with Crippen LogP contribution in [-0.4, -0.2) is 16.9 Å². The zero-order chi connectivity index (χ0) is 15.2. The maximum Gasteiger partial charge on any atom is 0.150 e. The Balaban J connectivity index is 1.90. The highest BCUT2D eigenvalue weighted by molar-refractivity contribution is 7.99. The Labute approximate surface area is 131 Å². The van der Waals surface area contributed by atoms with Crippen molar-refractivity contribution in [2.45, 2.75) is 11.3 Å².